The lowest BCUT2D eigenvalue weighted by Gasteiger charge is -2.37. The predicted octanol–water partition coefficient (Wildman–Crippen LogP) is 1.40. The van der Waals surface area contributed by atoms with Gasteiger partial charge in [0.25, 0.3) is 0 Å². The minimum Gasteiger partial charge on any atom is -0.369 e. The zero-order chi connectivity index (χ0) is 19.1. The van der Waals surface area contributed by atoms with Gasteiger partial charge in [-0.05, 0) is 19.1 Å². The van der Waals surface area contributed by atoms with Crippen molar-refractivity contribution >= 4 is 17.6 Å². The lowest BCUT2D eigenvalue weighted by atomic mass is 10.1. The third-order valence-corrected chi connectivity index (χ3v) is 5.75. The van der Waals surface area contributed by atoms with Gasteiger partial charge in [0.15, 0.2) is 12.0 Å². The van der Waals surface area contributed by atoms with Crippen LogP contribution in [0.3, 0.4) is 0 Å². The van der Waals surface area contributed by atoms with Gasteiger partial charge in [-0.2, -0.15) is 5.11 Å². The van der Waals surface area contributed by atoms with Crippen molar-refractivity contribution < 1.29 is 4.79 Å². The van der Waals surface area contributed by atoms with Crippen molar-refractivity contribution in [2.45, 2.75) is 13.1 Å². The van der Waals surface area contributed by atoms with Crippen molar-refractivity contribution in [2.24, 2.45) is 15.2 Å². The number of anilines is 1. The van der Waals surface area contributed by atoms with Crippen LogP contribution in [0, 0.1) is 6.92 Å². The molecule has 0 aliphatic carbocycles. The molecule has 9 nitrogen and oxygen atoms in total. The van der Waals surface area contributed by atoms with Gasteiger partial charge in [-0.15, -0.1) is 0 Å². The number of amidine groups is 1. The number of carbonyl (C=O) groups excluding carboxylic acids is 1. The van der Waals surface area contributed by atoms with E-state index >= 15 is 0 Å². The summed E-state index contributed by atoms with van der Waals surface area (Å²) in [7, 11) is 0. The molecule has 1 saturated heterocycles. The van der Waals surface area contributed by atoms with Crippen LogP contribution in [0.25, 0.3) is 0 Å². The smallest absolute Gasteiger partial charge is 0.365 e. The molecule has 2 amide bonds. The maximum absolute atomic E-state index is 11.7. The molecule has 1 aromatic carbocycles. The second-order valence-corrected chi connectivity index (χ2v) is 7.51. The third kappa shape index (κ3) is 3.01. The highest BCUT2D eigenvalue weighted by Crippen LogP contribution is 2.28. The first kappa shape index (κ1) is 17.2. The number of benzene rings is 1. The van der Waals surface area contributed by atoms with Crippen LogP contribution in [-0.4, -0.2) is 78.8 Å². The maximum Gasteiger partial charge on any atom is 0.365 e. The molecule has 1 N–H and O–H groups in total. The van der Waals surface area contributed by atoms with Crippen molar-refractivity contribution in [3.63, 3.8) is 0 Å². The van der Waals surface area contributed by atoms with Crippen LogP contribution in [0.15, 0.2) is 51.3 Å². The molecule has 5 rings (SSSR count). The first-order chi connectivity index (χ1) is 13.7. The summed E-state index contributed by atoms with van der Waals surface area (Å²) in [6, 6.07) is 8.46. The Morgan fingerprint density at radius 1 is 1.11 bits per heavy atom. The number of amides is 2. The molecule has 4 heterocycles. The molecule has 4 aliphatic rings. The normalized spacial score (nSPS) is 24.1. The van der Waals surface area contributed by atoms with Gasteiger partial charge in [0.1, 0.15) is 6.67 Å². The molecule has 0 bridgehead atoms. The summed E-state index contributed by atoms with van der Waals surface area (Å²) in [5.74, 6) is 0.883. The number of azo groups is 1. The van der Waals surface area contributed by atoms with Crippen molar-refractivity contribution in [3.8, 4) is 0 Å². The minimum atomic E-state index is -0.324. The number of nitrogens with zero attached hydrogens (tertiary/aromatic N) is 7. The molecule has 0 spiro atoms. The number of aliphatic imine (C=N–C) groups is 1. The Balaban J connectivity index is 1.13. The Bertz CT molecular complexity index is 853. The van der Waals surface area contributed by atoms with Gasteiger partial charge in [0, 0.05) is 44.6 Å². The molecule has 9 heteroatoms. The summed E-state index contributed by atoms with van der Waals surface area (Å²) in [6.07, 6.45) is 1.57. The standard InChI is InChI=1S/C19H24N8O/c1-14-2-4-15(5-3-14)25-9-6-24(7-10-25)8-11-27-17-16(12-21-27)18-22-23-19(28)26(18)13-20-17/h2-5,12,18,21H,6-11,13H2,1H3. The number of carbonyl (C=O) groups is 1. The van der Waals surface area contributed by atoms with Gasteiger partial charge in [-0.3, -0.25) is 14.8 Å². The van der Waals surface area contributed by atoms with Crippen molar-refractivity contribution in [1.82, 2.24) is 20.2 Å². The van der Waals surface area contributed by atoms with Gasteiger partial charge >= 0.3 is 6.03 Å². The fraction of sp³-hybridized carbons (Fsp3) is 0.474. The van der Waals surface area contributed by atoms with Crippen LogP contribution in [-0.2, 0) is 0 Å². The first-order valence-corrected chi connectivity index (χ1v) is 9.73. The molecule has 0 aromatic heterocycles. The summed E-state index contributed by atoms with van der Waals surface area (Å²) < 4.78 is 0. The fourth-order valence-electron chi connectivity index (χ4n) is 4.03. The molecule has 1 aromatic rings. The number of fused-ring (bicyclic) bond motifs is 3. The van der Waals surface area contributed by atoms with E-state index in [-0.39, 0.29) is 12.2 Å². The van der Waals surface area contributed by atoms with E-state index in [0.717, 1.165) is 50.7 Å². The molecular weight excluding hydrogens is 356 g/mol. The highest BCUT2D eigenvalue weighted by atomic mass is 16.2. The Morgan fingerprint density at radius 3 is 2.68 bits per heavy atom. The largest absolute Gasteiger partial charge is 0.369 e. The van der Waals surface area contributed by atoms with Crippen LogP contribution in [0.4, 0.5) is 10.5 Å². The van der Waals surface area contributed by atoms with E-state index < -0.39 is 0 Å². The summed E-state index contributed by atoms with van der Waals surface area (Å²) in [4.78, 5) is 22.7. The molecule has 0 saturated carbocycles. The van der Waals surface area contributed by atoms with Gasteiger partial charge in [0.05, 0.1) is 12.1 Å². The molecular formula is C19H24N8O. The van der Waals surface area contributed by atoms with Gasteiger partial charge in [0.2, 0.25) is 0 Å². The van der Waals surface area contributed by atoms with Crippen LogP contribution in [0.2, 0.25) is 0 Å². The molecule has 28 heavy (non-hydrogen) atoms. The summed E-state index contributed by atoms with van der Waals surface area (Å²) in [6.45, 7) is 8.42. The van der Waals surface area contributed by atoms with Crippen LogP contribution in [0.1, 0.15) is 5.56 Å². The van der Waals surface area contributed by atoms with E-state index in [4.69, 9.17) is 0 Å². The average molecular weight is 380 g/mol. The average Bonchev–Trinajstić information content (AvgIpc) is 3.31. The highest BCUT2D eigenvalue weighted by molar-refractivity contribution is 6.02. The third-order valence-electron chi connectivity index (χ3n) is 5.75. The number of urea groups is 1. The summed E-state index contributed by atoms with van der Waals surface area (Å²) in [5, 5.41) is 9.79. The van der Waals surface area contributed by atoms with Gasteiger partial charge < -0.3 is 10.3 Å². The Morgan fingerprint density at radius 2 is 1.89 bits per heavy atom. The summed E-state index contributed by atoms with van der Waals surface area (Å²) >= 11 is 0. The van der Waals surface area contributed by atoms with E-state index in [9.17, 15) is 4.79 Å². The molecule has 146 valence electrons. The van der Waals surface area contributed by atoms with Crippen molar-refractivity contribution in [2.75, 3.05) is 50.8 Å². The molecule has 1 atom stereocenters. The van der Waals surface area contributed by atoms with Crippen molar-refractivity contribution in [1.29, 1.82) is 0 Å². The quantitative estimate of drug-likeness (QED) is 0.854. The number of hydrazine groups is 1. The van der Waals surface area contributed by atoms with E-state index in [0.29, 0.717) is 6.67 Å². The molecule has 4 aliphatic heterocycles. The second kappa shape index (κ2) is 6.90. The minimum absolute atomic E-state index is 0.307. The Hall–Kier alpha value is -2.94. The van der Waals surface area contributed by atoms with Gasteiger partial charge in [-0.1, -0.05) is 22.8 Å². The van der Waals surface area contributed by atoms with Crippen LogP contribution >= 0.6 is 0 Å². The van der Waals surface area contributed by atoms with E-state index in [1.807, 2.05) is 6.20 Å². The topological polar surface area (TPSA) is 79.1 Å². The second-order valence-electron chi connectivity index (χ2n) is 7.51. The zero-order valence-electron chi connectivity index (χ0n) is 16.0. The number of hydrogen-bond acceptors (Lipinski definition) is 7. The first-order valence-electron chi connectivity index (χ1n) is 9.73. The number of rotatable bonds is 4. The van der Waals surface area contributed by atoms with Crippen LogP contribution in [0.5, 0.6) is 0 Å². The van der Waals surface area contributed by atoms with E-state index in [1.165, 1.54) is 11.3 Å². The lowest BCUT2D eigenvalue weighted by molar-refractivity contribution is 0.206. The maximum atomic E-state index is 11.7. The SMILES string of the molecule is Cc1ccc(N2CCN(CCN3NC=C4C3=NCN3C(=O)N=NC43)CC2)cc1. The van der Waals surface area contributed by atoms with E-state index in [2.05, 4.69) is 66.6 Å². The number of aryl methyl sites for hydroxylation is 1. The molecule has 0 radical (unpaired) electrons. The Labute approximate surface area is 164 Å². The predicted molar refractivity (Wildman–Crippen MR) is 106 cm³/mol. The monoisotopic (exact) mass is 380 g/mol. The van der Waals surface area contributed by atoms with Crippen molar-refractivity contribution in [3.05, 3.63) is 41.6 Å². The fourth-order valence-corrected chi connectivity index (χ4v) is 4.03. The Kier molecular flexibility index (Phi) is 4.23. The number of nitrogens with one attached hydrogen (secondary N) is 1. The number of hydrogen-bond donors (Lipinski definition) is 1. The van der Waals surface area contributed by atoms with Crippen LogP contribution < -0.4 is 10.3 Å². The lowest BCUT2D eigenvalue weighted by Crippen LogP contribution is -2.50. The molecule has 1 unspecified atom stereocenters. The van der Waals surface area contributed by atoms with Gasteiger partial charge in [-0.25, -0.2) is 9.79 Å². The molecule has 1 fully saturated rings. The summed E-state index contributed by atoms with van der Waals surface area (Å²) in [5.41, 5.74) is 6.79. The zero-order valence-corrected chi connectivity index (χ0v) is 16.0. The number of piperazine rings is 1. The highest BCUT2D eigenvalue weighted by Gasteiger charge is 2.41. The van der Waals surface area contributed by atoms with E-state index in [1.54, 1.807) is 4.90 Å².